The Morgan fingerprint density at radius 3 is 3.04 bits per heavy atom. The van der Waals surface area contributed by atoms with Gasteiger partial charge >= 0.3 is 0 Å². The zero-order valence-electron chi connectivity index (χ0n) is 15.1. The Hall–Kier alpha value is -1.42. The molecule has 2 aliphatic rings. The van der Waals surface area contributed by atoms with Crippen molar-refractivity contribution in [2.45, 2.75) is 57.3 Å². The zero-order valence-corrected chi connectivity index (χ0v) is 17.4. The van der Waals surface area contributed by atoms with Gasteiger partial charge in [-0.05, 0) is 44.7 Å². The minimum atomic E-state index is 0. The molecule has 2 aromatic heterocycles. The van der Waals surface area contributed by atoms with Crippen LogP contribution in [0.15, 0.2) is 29.4 Å². The van der Waals surface area contributed by atoms with Crippen molar-refractivity contribution < 1.29 is 4.74 Å². The van der Waals surface area contributed by atoms with E-state index in [2.05, 4.69) is 27.8 Å². The van der Waals surface area contributed by atoms with E-state index in [4.69, 9.17) is 9.73 Å². The summed E-state index contributed by atoms with van der Waals surface area (Å²) in [7, 11) is 0. The molecule has 2 aliphatic heterocycles. The summed E-state index contributed by atoms with van der Waals surface area (Å²) in [6.07, 6.45) is 8.10. The van der Waals surface area contributed by atoms with Crippen molar-refractivity contribution in [2.75, 3.05) is 13.1 Å². The van der Waals surface area contributed by atoms with Gasteiger partial charge in [0.2, 0.25) is 0 Å². The number of rotatable bonds is 6. The molecule has 4 rings (SSSR count). The Morgan fingerprint density at radius 1 is 1.35 bits per heavy atom. The second-order valence-electron chi connectivity index (χ2n) is 6.77. The lowest BCUT2D eigenvalue weighted by atomic mass is 9.96. The largest absolute Gasteiger partial charge is 0.373 e. The van der Waals surface area contributed by atoms with Crippen LogP contribution >= 0.6 is 24.0 Å². The summed E-state index contributed by atoms with van der Waals surface area (Å²) in [5.74, 6) is 1.89. The van der Waals surface area contributed by atoms with Gasteiger partial charge < -0.3 is 15.4 Å². The number of pyridine rings is 1. The molecule has 3 atom stereocenters. The van der Waals surface area contributed by atoms with E-state index in [9.17, 15) is 0 Å². The molecule has 0 spiro atoms. The Bertz CT molecular complexity index is 748. The van der Waals surface area contributed by atoms with Gasteiger partial charge in [0.15, 0.2) is 11.6 Å². The lowest BCUT2D eigenvalue weighted by Crippen LogP contribution is -2.47. The smallest absolute Gasteiger partial charge is 0.191 e. The molecule has 2 saturated heterocycles. The summed E-state index contributed by atoms with van der Waals surface area (Å²) in [6.45, 7) is 3.72. The Kier molecular flexibility index (Phi) is 6.68. The van der Waals surface area contributed by atoms with E-state index in [-0.39, 0.29) is 24.0 Å². The maximum atomic E-state index is 5.92. The summed E-state index contributed by atoms with van der Waals surface area (Å²) in [6, 6.07) is 6.35. The van der Waals surface area contributed by atoms with E-state index in [0.717, 1.165) is 49.8 Å². The maximum Gasteiger partial charge on any atom is 0.191 e. The molecule has 8 heteroatoms. The molecule has 0 aliphatic carbocycles. The predicted molar refractivity (Wildman–Crippen MR) is 112 cm³/mol. The van der Waals surface area contributed by atoms with Crippen LogP contribution < -0.4 is 10.6 Å². The third kappa shape index (κ3) is 4.28. The molecule has 0 radical (unpaired) electrons. The van der Waals surface area contributed by atoms with Crippen LogP contribution in [0.25, 0.3) is 5.65 Å². The molecule has 3 unspecified atom stereocenters. The van der Waals surface area contributed by atoms with E-state index >= 15 is 0 Å². The normalized spacial score (nSPS) is 24.7. The van der Waals surface area contributed by atoms with Crippen molar-refractivity contribution in [3.63, 3.8) is 0 Å². The number of nitrogens with one attached hydrogen (secondary N) is 2. The number of nitrogens with zero attached hydrogens (tertiary/aromatic N) is 4. The van der Waals surface area contributed by atoms with Crippen LogP contribution in [0.3, 0.4) is 0 Å². The number of ether oxygens (including phenoxy) is 1. The third-order valence-electron chi connectivity index (χ3n) is 4.99. The highest BCUT2D eigenvalue weighted by molar-refractivity contribution is 14.0. The Morgan fingerprint density at radius 2 is 2.27 bits per heavy atom. The summed E-state index contributed by atoms with van der Waals surface area (Å²) >= 11 is 0. The number of guanidine groups is 1. The first-order valence-corrected chi connectivity index (χ1v) is 9.32. The van der Waals surface area contributed by atoms with Crippen LogP contribution in [0.4, 0.5) is 0 Å². The quantitative estimate of drug-likeness (QED) is 0.293. The molecular weight excluding hydrogens is 443 g/mol. The highest BCUT2D eigenvalue weighted by Gasteiger charge is 2.41. The topological polar surface area (TPSA) is 75.8 Å². The summed E-state index contributed by atoms with van der Waals surface area (Å²) < 4.78 is 7.96. The molecule has 7 nitrogen and oxygen atoms in total. The van der Waals surface area contributed by atoms with E-state index < -0.39 is 0 Å². The predicted octanol–water partition coefficient (Wildman–Crippen LogP) is 2.15. The highest BCUT2D eigenvalue weighted by atomic mass is 127. The lowest BCUT2D eigenvalue weighted by molar-refractivity contribution is 0.0992. The number of hydrogen-bond donors (Lipinski definition) is 2. The van der Waals surface area contributed by atoms with Gasteiger partial charge in [0.1, 0.15) is 5.82 Å². The standard InChI is InChI=1S/C18H26N6O.HI/c1-2-19-18(21-14-12-13-8-9-15(14)25-13)20-10-5-7-17-23-22-16-6-3-4-11-24(16)17;/h3-4,6,11,13-15H,2,5,7-10,12H2,1H3,(H2,19,20,21);1H. The molecule has 0 saturated carbocycles. The maximum absolute atomic E-state index is 5.92. The average molecular weight is 470 g/mol. The Balaban J connectivity index is 0.00000196. The van der Waals surface area contributed by atoms with Gasteiger partial charge in [-0.1, -0.05) is 6.07 Å². The second-order valence-corrected chi connectivity index (χ2v) is 6.77. The number of aromatic nitrogens is 3. The third-order valence-corrected chi connectivity index (χ3v) is 4.99. The van der Waals surface area contributed by atoms with Crippen LogP contribution in [0.2, 0.25) is 0 Å². The average Bonchev–Trinajstić information content (AvgIpc) is 3.34. The highest BCUT2D eigenvalue weighted by Crippen LogP contribution is 2.34. The molecule has 26 heavy (non-hydrogen) atoms. The van der Waals surface area contributed by atoms with E-state index in [1.54, 1.807) is 0 Å². The zero-order chi connectivity index (χ0) is 17.1. The van der Waals surface area contributed by atoms with Crippen molar-refractivity contribution in [1.29, 1.82) is 0 Å². The number of halogens is 1. The van der Waals surface area contributed by atoms with Gasteiger partial charge in [-0.15, -0.1) is 34.2 Å². The van der Waals surface area contributed by atoms with E-state index in [1.807, 2.05) is 28.8 Å². The minimum Gasteiger partial charge on any atom is -0.373 e. The first-order chi connectivity index (χ1) is 12.3. The van der Waals surface area contributed by atoms with E-state index in [0.29, 0.717) is 18.2 Å². The fourth-order valence-electron chi connectivity index (χ4n) is 3.77. The van der Waals surface area contributed by atoms with Gasteiger partial charge in [-0.25, -0.2) is 0 Å². The molecule has 4 heterocycles. The molecule has 2 bridgehead atoms. The number of aryl methyl sites for hydroxylation is 1. The number of aliphatic imine (C=N–C) groups is 1. The summed E-state index contributed by atoms with van der Waals surface area (Å²) in [5.41, 5.74) is 0.896. The Labute approximate surface area is 171 Å². The van der Waals surface area contributed by atoms with Crippen LogP contribution in [0, 0.1) is 0 Å². The summed E-state index contributed by atoms with van der Waals surface area (Å²) in [5, 5.41) is 15.4. The monoisotopic (exact) mass is 470 g/mol. The molecule has 142 valence electrons. The SMILES string of the molecule is CCNC(=NCCCc1nnc2ccccn12)NC1CC2CCC1O2.I. The van der Waals surface area contributed by atoms with Crippen LogP contribution in [-0.4, -0.2) is 51.9 Å². The first kappa shape index (κ1) is 19.3. The lowest BCUT2D eigenvalue weighted by Gasteiger charge is -2.22. The van der Waals surface area contributed by atoms with Crippen LogP contribution in [-0.2, 0) is 11.2 Å². The number of fused-ring (bicyclic) bond motifs is 3. The van der Waals surface area contributed by atoms with Crippen LogP contribution in [0.1, 0.15) is 38.4 Å². The first-order valence-electron chi connectivity index (χ1n) is 9.32. The van der Waals surface area contributed by atoms with Gasteiger partial charge in [-0.2, -0.15) is 0 Å². The minimum absolute atomic E-state index is 0. The van der Waals surface area contributed by atoms with Gasteiger partial charge in [0.25, 0.3) is 0 Å². The fourth-order valence-corrected chi connectivity index (χ4v) is 3.77. The van der Waals surface area contributed by atoms with Crippen molar-refractivity contribution in [3.8, 4) is 0 Å². The van der Waals surface area contributed by atoms with Gasteiger partial charge in [0, 0.05) is 25.7 Å². The van der Waals surface area contributed by atoms with Gasteiger partial charge in [0.05, 0.1) is 18.2 Å². The molecule has 2 N–H and O–H groups in total. The molecule has 0 amide bonds. The van der Waals surface area contributed by atoms with E-state index in [1.165, 1.54) is 12.8 Å². The van der Waals surface area contributed by atoms with Crippen LogP contribution in [0.5, 0.6) is 0 Å². The molecule has 2 fully saturated rings. The van der Waals surface area contributed by atoms with Crippen molar-refractivity contribution in [2.24, 2.45) is 4.99 Å². The van der Waals surface area contributed by atoms with Crippen molar-refractivity contribution >= 4 is 35.6 Å². The number of hydrogen-bond acceptors (Lipinski definition) is 4. The van der Waals surface area contributed by atoms with Crippen molar-refractivity contribution in [3.05, 3.63) is 30.2 Å². The molecular formula is C18H27IN6O. The van der Waals surface area contributed by atoms with Crippen molar-refractivity contribution in [1.82, 2.24) is 25.2 Å². The second kappa shape index (κ2) is 8.98. The fraction of sp³-hybridized carbons (Fsp3) is 0.611. The molecule has 2 aromatic rings. The summed E-state index contributed by atoms with van der Waals surface area (Å²) in [4.78, 5) is 4.72. The van der Waals surface area contributed by atoms with Gasteiger partial charge in [-0.3, -0.25) is 9.39 Å². The molecule has 0 aromatic carbocycles.